The number of pyridine rings is 1. The van der Waals surface area contributed by atoms with E-state index < -0.39 is 6.36 Å². The Bertz CT molecular complexity index is 540. The molecule has 0 fully saturated rings. The van der Waals surface area contributed by atoms with E-state index in [0.29, 0.717) is 10.9 Å². The molecular formula is C11H9F3N2O. The molecule has 0 atom stereocenters. The molecule has 0 radical (unpaired) electrons. The lowest BCUT2D eigenvalue weighted by molar-refractivity contribution is -0.274. The van der Waals surface area contributed by atoms with Crippen LogP contribution in [-0.4, -0.2) is 11.3 Å². The summed E-state index contributed by atoms with van der Waals surface area (Å²) in [5.74, 6) is -0.263. The topological polar surface area (TPSA) is 48.1 Å². The number of fused-ring (bicyclic) bond motifs is 1. The van der Waals surface area contributed by atoms with Crippen molar-refractivity contribution >= 4 is 10.9 Å². The number of hydrogen-bond donors (Lipinski definition) is 1. The molecule has 1 aromatic carbocycles. The van der Waals surface area contributed by atoms with Gasteiger partial charge in [-0.2, -0.15) is 0 Å². The molecule has 3 nitrogen and oxygen atoms in total. The summed E-state index contributed by atoms with van der Waals surface area (Å²) in [6, 6.07) is 5.67. The highest BCUT2D eigenvalue weighted by Gasteiger charge is 2.31. The van der Waals surface area contributed by atoms with Crippen LogP contribution in [0.5, 0.6) is 5.75 Å². The first-order valence-electron chi connectivity index (χ1n) is 4.82. The van der Waals surface area contributed by atoms with E-state index in [2.05, 4.69) is 9.72 Å². The van der Waals surface area contributed by atoms with E-state index >= 15 is 0 Å². The van der Waals surface area contributed by atoms with E-state index in [1.165, 1.54) is 18.2 Å². The summed E-state index contributed by atoms with van der Waals surface area (Å²) in [5, 5.41) is 0.565. The summed E-state index contributed by atoms with van der Waals surface area (Å²) in [5.41, 5.74) is 6.78. The van der Waals surface area contributed by atoms with Crippen molar-refractivity contribution in [1.29, 1.82) is 0 Å². The number of ether oxygens (including phenoxy) is 1. The maximum atomic E-state index is 12.0. The fourth-order valence-electron chi connectivity index (χ4n) is 1.46. The predicted octanol–water partition coefficient (Wildman–Crippen LogP) is 2.59. The quantitative estimate of drug-likeness (QED) is 0.880. The van der Waals surface area contributed by atoms with E-state index in [1.807, 2.05) is 0 Å². The number of rotatable bonds is 2. The molecule has 0 aliphatic heterocycles. The fourth-order valence-corrected chi connectivity index (χ4v) is 1.46. The van der Waals surface area contributed by atoms with Crippen molar-refractivity contribution in [2.24, 2.45) is 5.73 Å². The van der Waals surface area contributed by atoms with Crippen LogP contribution in [0.15, 0.2) is 30.5 Å². The zero-order valence-corrected chi connectivity index (χ0v) is 8.66. The van der Waals surface area contributed by atoms with Crippen LogP contribution in [0.25, 0.3) is 10.9 Å². The molecule has 0 amide bonds. The predicted molar refractivity (Wildman–Crippen MR) is 56.3 cm³/mol. The average Bonchev–Trinajstić information content (AvgIpc) is 2.26. The summed E-state index contributed by atoms with van der Waals surface area (Å²) in [7, 11) is 0. The van der Waals surface area contributed by atoms with Crippen molar-refractivity contribution in [1.82, 2.24) is 4.98 Å². The van der Waals surface area contributed by atoms with Gasteiger partial charge in [-0.15, -0.1) is 13.2 Å². The van der Waals surface area contributed by atoms with Crippen LogP contribution in [-0.2, 0) is 6.54 Å². The molecule has 17 heavy (non-hydrogen) atoms. The first-order valence-corrected chi connectivity index (χ1v) is 4.82. The fraction of sp³-hybridized carbons (Fsp3) is 0.182. The summed E-state index contributed by atoms with van der Waals surface area (Å²) >= 11 is 0. The zero-order valence-electron chi connectivity index (χ0n) is 8.66. The van der Waals surface area contributed by atoms with E-state index in [4.69, 9.17) is 5.73 Å². The molecule has 6 heteroatoms. The zero-order chi connectivity index (χ0) is 12.5. The van der Waals surface area contributed by atoms with Crippen LogP contribution in [0.2, 0.25) is 0 Å². The molecule has 0 saturated heterocycles. The number of nitrogens with two attached hydrogens (primary N) is 1. The van der Waals surface area contributed by atoms with Crippen molar-refractivity contribution in [2.75, 3.05) is 0 Å². The Kier molecular flexibility index (Phi) is 2.89. The monoisotopic (exact) mass is 242 g/mol. The molecule has 0 spiro atoms. The third-order valence-electron chi connectivity index (χ3n) is 2.18. The molecular weight excluding hydrogens is 233 g/mol. The number of aromatic nitrogens is 1. The van der Waals surface area contributed by atoms with Crippen molar-refractivity contribution in [3.63, 3.8) is 0 Å². The van der Waals surface area contributed by atoms with E-state index in [0.717, 1.165) is 5.56 Å². The first-order chi connectivity index (χ1) is 7.98. The Labute approximate surface area is 95.0 Å². The number of nitrogens with zero attached hydrogens (tertiary/aromatic N) is 1. The summed E-state index contributed by atoms with van der Waals surface area (Å²) < 4.78 is 39.9. The SMILES string of the molecule is NCc1cnc2ccc(OC(F)(F)F)cc2c1. The highest BCUT2D eigenvalue weighted by molar-refractivity contribution is 5.80. The van der Waals surface area contributed by atoms with Gasteiger partial charge in [-0.05, 0) is 29.8 Å². The Hall–Kier alpha value is -1.82. The molecule has 0 unspecified atom stereocenters. The van der Waals surface area contributed by atoms with Crippen LogP contribution in [0.1, 0.15) is 5.56 Å². The maximum absolute atomic E-state index is 12.0. The Morgan fingerprint density at radius 1 is 1.24 bits per heavy atom. The van der Waals surface area contributed by atoms with Gasteiger partial charge in [0.2, 0.25) is 0 Å². The third kappa shape index (κ3) is 2.85. The molecule has 2 rings (SSSR count). The number of halogens is 3. The second-order valence-corrected chi connectivity index (χ2v) is 3.45. The van der Waals surface area contributed by atoms with Gasteiger partial charge < -0.3 is 10.5 Å². The lowest BCUT2D eigenvalue weighted by Gasteiger charge is -2.09. The molecule has 2 aromatic rings. The van der Waals surface area contributed by atoms with Gasteiger partial charge in [0.15, 0.2) is 0 Å². The molecule has 0 saturated carbocycles. The molecule has 1 heterocycles. The van der Waals surface area contributed by atoms with E-state index in [1.54, 1.807) is 12.3 Å². The van der Waals surface area contributed by atoms with Crippen molar-refractivity contribution < 1.29 is 17.9 Å². The number of benzene rings is 1. The first kappa shape index (κ1) is 11.7. The minimum absolute atomic E-state index is 0.263. The van der Waals surface area contributed by atoms with Crippen molar-refractivity contribution in [3.05, 3.63) is 36.0 Å². The largest absolute Gasteiger partial charge is 0.573 e. The maximum Gasteiger partial charge on any atom is 0.573 e. The Balaban J connectivity index is 2.41. The highest BCUT2D eigenvalue weighted by Crippen LogP contribution is 2.26. The van der Waals surface area contributed by atoms with Gasteiger partial charge in [-0.25, -0.2) is 0 Å². The van der Waals surface area contributed by atoms with Gasteiger partial charge in [0.25, 0.3) is 0 Å². The van der Waals surface area contributed by atoms with Gasteiger partial charge in [0.05, 0.1) is 5.52 Å². The minimum atomic E-state index is -4.69. The van der Waals surface area contributed by atoms with Crippen LogP contribution >= 0.6 is 0 Å². The van der Waals surface area contributed by atoms with Crippen molar-refractivity contribution in [3.8, 4) is 5.75 Å². The van der Waals surface area contributed by atoms with E-state index in [-0.39, 0.29) is 12.3 Å². The highest BCUT2D eigenvalue weighted by atomic mass is 19.4. The summed E-state index contributed by atoms with van der Waals surface area (Å²) in [4.78, 5) is 4.07. The van der Waals surface area contributed by atoms with Gasteiger partial charge in [-0.1, -0.05) is 0 Å². The lowest BCUT2D eigenvalue weighted by Crippen LogP contribution is -2.17. The second kappa shape index (κ2) is 4.21. The molecule has 0 aliphatic rings. The van der Waals surface area contributed by atoms with Gasteiger partial charge in [0, 0.05) is 18.1 Å². The molecule has 0 bridgehead atoms. The van der Waals surface area contributed by atoms with Crippen LogP contribution < -0.4 is 10.5 Å². The normalized spacial score (nSPS) is 11.8. The van der Waals surface area contributed by atoms with Gasteiger partial charge in [0.1, 0.15) is 5.75 Å². The van der Waals surface area contributed by atoms with Crippen LogP contribution in [0.4, 0.5) is 13.2 Å². The van der Waals surface area contributed by atoms with Gasteiger partial charge >= 0.3 is 6.36 Å². The van der Waals surface area contributed by atoms with Crippen LogP contribution in [0, 0.1) is 0 Å². The summed E-state index contributed by atoms with van der Waals surface area (Å²) in [6.45, 7) is 0.285. The lowest BCUT2D eigenvalue weighted by atomic mass is 10.1. The van der Waals surface area contributed by atoms with Crippen LogP contribution in [0.3, 0.4) is 0 Å². The number of alkyl halides is 3. The molecule has 0 aliphatic carbocycles. The second-order valence-electron chi connectivity index (χ2n) is 3.45. The molecule has 2 N–H and O–H groups in total. The number of hydrogen-bond acceptors (Lipinski definition) is 3. The Morgan fingerprint density at radius 3 is 2.65 bits per heavy atom. The minimum Gasteiger partial charge on any atom is -0.406 e. The van der Waals surface area contributed by atoms with Gasteiger partial charge in [-0.3, -0.25) is 4.98 Å². The standard InChI is InChI=1S/C11H9F3N2O/c12-11(13,14)17-9-1-2-10-8(4-9)3-7(5-15)6-16-10/h1-4,6H,5,15H2. The Morgan fingerprint density at radius 2 is 2.00 bits per heavy atom. The van der Waals surface area contributed by atoms with Crippen molar-refractivity contribution in [2.45, 2.75) is 12.9 Å². The van der Waals surface area contributed by atoms with E-state index in [9.17, 15) is 13.2 Å². The smallest absolute Gasteiger partial charge is 0.406 e. The molecule has 1 aromatic heterocycles. The summed E-state index contributed by atoms with van der Waals surface area (Å²) in [6.07, 6.45) is -3.10. The molecule has 90 valence electrons. The average molecular weight is 242 g/mol. The third-order valence-corrected chi connectivity index (χ3v) is 2.18.